The molecule has 0 spiro atoms. The number of aliphatic carboxylic acids is 1. The average molecular weight is 281 g/mol. The van der Waals surface area contributed by atoms with Gasteiger partial charge in [-0.3, -0.25) is 4.79 Å². The van der Waals surface area contributed by atoms with Gasteiger partial charge in [0.1, 0.15) is 18.9 Å². The summed E-state index contributed by atoms with van der Waals surface area (Å²) in [6.45, 7) is -1.65. The van der Waals surface area contributed by atoms with Crippen molar-refractivity contribution in [1.29, 1.82) is 0 Å². The Hall–Kier alpha value is -2.16. The predicted molar refractivity (Wildman–Crippen MR) is 53.4 cm³/mol. The van der Waals surface area contributed by atoms with E-state index in [2.05, 4.69) is 4.74 Å². The SMILES string of the molecule is O=C(O)COCC(=O)Nc1c(F)c(F)cc(F)c1F. The molecule has 0 saturated carbocycles. The predicted octanol–water partition coefficient (Wildman–Crippen LogP) is 1.28. The van der Waals surface area contributed by atoms with Crippen LogP contribution >= 0.6 is 0 Å². The molecule has 0 aliphatic carbocycles. The first-order valence-electron chi connectivity index (χ1n) is 4.75. The molecule has 0 aliphatic rings. The maximum absolute atomic E-state index is 13.1. The van der Waals surface area contributed by atoms with E-state index >= 15 is 0 Å². The summed E-state index contributed by atoms with van der Waals surface area (Å²) >= 11 is 0. The van der Waals surface area contributed by atoms with Crippen molar-refractivity contribution in [3.8, 4) is 0 Å². The lowest BCUT2D eigenvalue weighted by atomic mass is 10.2. The van der Waals surface area contributed by atoms with Gasteiger partial charge in [-0.05, 0) is 0 Å². The van der Waals surface area contributed by atoms with Gasteiger partial charge in [0.25, 0.3) is 5.91 Å². The molecule has 1 amide bonds. The fraction of sp³-hybridized carbons (Fsp3) is 0.200. The molecule has 104 valence electrons. The number of carbonyl (C=O) groups is 2. The summed E-state index contributed by atoms with van der Waals surface area (Å²) in [4.78, 5) is 21.2. The lowest BCUT2D eigenvalue weighted by molar-refractivity contribution is -0.143. The van der Waals surface area contributed by atoms with E-state index in [1.54, 1.807) is 5.32 Å². The van der Waals surface area contributed by atoms with Gasteiger partial charge in [0.2, 0.25) is 0 Å². The lowest BCUT2D eigenvalue weighted by Gasteiger charge is -2.08. The maximum Gasteiger partial charge on any atom is 0.329 e. The first-order chi connectivity index (χ1) is 8.82. The number of halogens is 4. The standard InChI is InChI=1S/C10H7F4NO4/c11-4-1-5(12)9(14)10(8(4)13)15-6(16)2-19-3-7(17)18/h1H,2-3H2,(H,15,16)(H,17,18). The van der Waals surface area contributed by atoms with E-state index in [9.17, 15) is 27.2 Å². The number of rotatable bonds is 5. The van der Waals surface area contributed by atoms with Crippen LogP contribution in [0.25, 0.3) is 0 Å². The quantitative estimate of drug-likeness (QED) is 0.629. The van der Waals surface area contributed by atoms with Crippen LogP contribution in [0.1, 0.15) is 0 Å². The smallest absolute Gasteiger partial charge is 0.329 e. The van der Waals surface area contributed by atoms with Crippen molar-refractivity contribution >= 4 is 17.6 Å². The van der Waals surface area contributed by atoms with Gasteiger partial charge in [-0.1, -0.05) is 0 Å². The van der Waals surface area contributed by atoms with Crippen molar-refractivity contribution in [2.24, 2.45) is 0 Å². The van der Waals surface area contributed by atoms with Crippen LogP contribution < -0.4 is 5.32 Å². The molecule has 0 saturated heterocycles. The minimum Gasteiger partial charge on any atom is -0.480 e. The Kier molecular flexibility index (Phi) is 4.81. The summed E-state index contributed by atoms with van der Waals surface area (Å²) in [5.41, 5.74) is -1.30. The normalized spacial score (nSPS) is 10.3. The van der Waals surface area contributed by atoms with Crippen molar-refractivity contribution in [2.75, 3.05) is 18.5 Å². The highest BCUT2D eigenvalue weighted by molar-refractivity contribution is 5.92. The Bertz CT molecular complexity index is 494. The highest BCUT2D eigenvalue weighted by atomic mass is 19.2. The molecule has 0 radical (unpaired) electrons. The van der Waals surface area contributed by atoms with Crippen LogP contribution in [0.15, 0.2) is 6.07 Å². The van der Waals surface area contributed by atoms with Crippen molar-refractivity contribution in [3.63, 3.8) is 0 Å². The monoisotopic (exact) mass is 281 g/mol. The Labute approximate surface area is 103 Å². The number of anilines is 1. The molecule has 0 heterocycles. The molecule has 1 aromatic rings. The molecule has 0 fully saturated rings. The van der Waals surface area contributed by atoms with Crippen molar-refractivity contribution in [2.45, 2.75) is 0 Å². The van der Waals surface area contributed by atoms with Crippen molar-refractivity contribution < 1.29 is 37.0 Å². The van der Waals surface area contributed by atoms with Gasteiger partial charge in [0, 0.05) is 6.07 Å². The zero-order valence-corrected chi connectivity index (χ0v) is 9.18. The highest BCUT2D eigenvalue weighted by Crippen LogP contribution is 2.23. The first-order valence-corrected chi connectivity index (χ1v) is 4.75. The minimum absolute atomic E-state index is 0.0126. The second-order valence-electron chi connectivity index (χ2n) is 3.28. The number of carbonyl (C=O) groups excluding carboxylic acids is 1. The molecule has 0 aromatic heterocycles. The molecular weight excluding hydrogens is 274 g/mol. The number of nitrogens with one attached hydrogen (secondary N) is 1. The van der Waals surface area contributed by atoms with Crippen LogP contribution in [0.2, 0.25) is 0 Å². The average Bonchev–Trinajstić information content (AvgIpc) is 2.32. The van der Waals surface area contributed by atoms with Crippen LogP contribution in [0.5, 0.6) is 0 Å². The number of carboxylic acids is 1. The van der Waals surface area contributed by atoms with Gasteiger partial charge >= 0.3 is 5.97 Å². The summed E-state index contributed by atoms with van der Waals surface area (Å²) in [7, 11) is 0. The van der Waals surface area contributed by atoms with Crippen LogP contribution in [0, 0.1) is 23.3 Å². The Morgan fingerprint density at radius 2 is 1.63 bits per heavy atom. The van der Waals surface area contributed by atoms with Gasteiger partial charge in [-0.25, -0.2) is 22.4 Å². The summed E-state index contributed by atoms with van der Waals surface area (Å²) in [6, 6.07) is -0.0126. The molecule has 0 bridgehead atoms. The third-order valence-corrected chi connectivity index (χ3v) is 1.83. The summed E-state index contributed by atoms with van der Waals surface area (Å²) < 4.78 is 56.1. The van der Waals surface area contributed by atoms with E-state index in [-0.39, 0.29) is 6.07 Å². The van der Waals surface area contributed by atoms with Crippen LogP contribution in [-0.2, 0) is 14.3 Å². The van der Waals surface area contributed by atoms with E-state index < -0.39 is 54.0 Å². The van der Waals surface area contributed by atoms with Crippen molar-refractivity contribution in [3.05, 3.63) is 29.3 Å². The second-order valence-corrected chi connectivity index (χ2v) is 3.28. The molecule has 2 N–H and O–H groups in total. The van der Waals surface area contributed by atoms with Crippen molar-refractivity contribution in [1.82, 2.24) is 0 Å². The maximum atomic E-state index is 13.1. The van der Waals surface area contributed by atoms with Gasteiger partial charge in [0.15, 0.2) is 23.3 Å². The zero-order valence-electron chi connectivity index (χ0n) is 9.18. The molecule has 19 heavy (non-hydrogen) atoms. The molecule has 5 nitrogen and oxygen atoms in total. The third kappa shape index (κ3) is 3.91. The van der Waals surface area contributed by atoms with Gasteiger partial charge < -0.3 is 15.2 Å². The number of benzene rings is 1. The van der Waals surface area contributed by atoms with Gasteiger partial charge in [0.05, 0.1) is 0 Å². The molecule has 1 rings (SSSR count). The molecule has 9 heteroatoms. The largest absolute Gasteiger partial charge is 0.480 e. The van der Waals surface area contributed by atoms with Crippen LogP contribution in [0.3, 0.4) is 0 Å². The summed E-state index contributed by atoms with van der Waals surface area (Å²) in [5.74, 6) is -9.43. The molecule has 0 unspecified atom stereocenters. The van der Waals surface area contributed by atoms with Gasteiger partial charge in [-0.15, -0.1) is 0 Å². The highest BCUT2D eigenvalue weighted by Gasteiger charge is 2.20. The zero-order chi connectivity index (χ0) is 14.6. The Morgan fingerprint density at radius 1 is 1.11 bits per heavy atom. The van der Waals surface area contributed by atoms with Crippen LogP contribution in [0.4, 0.5) is 23.2 Å². The number of amides is 1. The van der Waals surface area contributed by atoms with E-state index in [0.29, 0.717) is 0 Å². The Balaban J connectivity index is 2.77. The van der Waals surface area contributed by atoms with E-state index in [0.717, 1.165) is 0 Å². The fourth-order valence-electron chi connectivity index (χ4n) is 1.09. The molecule has 0 atom stereocenters. The van der Waals surface area contributed by atoms with E-state index in [1.165, 1.54) is 0 Å². The summed E-state index contributed by atoms with van der Waals surface area (Å²) in [6.07, 6.45) is 0. The van der Waals surface area contributed by atoms with E-state index in [4.69, 9.17) is 5.11 Å². The van der Waals surface area contributed by atoms with Crippen LogP contribution in [-0.4, -0.2) is 30.2 Å². The Morgan fingerprint density at radius 3 is 2.11 bits per heavy atom. The molecule has 1 aromatic carbocycles. The molecule has 0 aliphatic heterocycles. The fourth-order valence-corrected chi connectivity index (χ4v) is 1.09. The molecular formula is C10H7F4NO4. The van der Waals surface area contributed by atoms with E-state index in [1.807, 2.05) is 0 Å². The lowest BCUT2D eigenvalue weighted by Crippen LogP contribution is -2.22. The first kappa shape index (κ1) is 14.9. The number of ether oxygens (including phenoxy) is 1. The number of hydrogen-bond acceptors (Lipinski definition) is 3. The number of hydrogen-bond donors (Lipinski definition) is 2. The topological polar surface area (TPSA) is 75.6 Å². The summed E-state index contributed by atoms with van der Waals surface area (Å²) in [5, 5.41) is 9.75. The number of carboxylic acid groups (broad SMARTS) is 1. The third-order valence-electron chi connectivity index (χ3n) is 1.83. The second kappa shape index (κ2) is 6.14. The van der Waals surface area contributed by atoms with Gasteiger partial charge in [-0.2, -0.15) is 0 Å². The minimum atomic E-state index is -1.77.